The molecule has 0 aliphatic rings. The molecule has 0 amide bonds. The molecule has 0 spiro atoms. The summed E-state index contributed by atoms with van der Waals surface area (Å²) in [6.07, 6.45) is 0. The molecule has 18 heavy (non-hydrogen) atoms. The van der Waals surface area contributed by atoms with Crippen LogP contribution >= 0.6 is 0 Å². The fourth-order valence-corrected chi connectivity index (χ4v) is 1.75. The van der Waals surface area contributed by atoms with Gasteiger partial charge in [-0.15, -0.1) is 0 Å². The molecule has 0 heterocycles. The zero-order valence-electron chi connectivity index (χ0n) is 12.3. The molecule has 0 aromatic heterocycles. The second-order valence-electron chi connectivity index (χ2n) is 6.79. The molecule has 0 bridgehead atoms. The standard InChI is InChI=1S/C16H23O2/c1-15(2,3)13-7-12(10-18-11-17)8-14(9-13)16(4,5)6/h7-9H,10H2,1-6H3. The van der Waals surface area contributed by atoms with E-state index in [1.807, 2.05) is 0 Å². The Bertz CT molecular complexity index is 387. The summed E-state index contributed by atoms with van der Waals surface area (Å²) in [6.45, 7) is 14.9. The molecule has 0 atom stereocenters. The van der Waals surface area contributed by atoms with Gasteiger partial charge in [-0.05, 0) is 27.5 Å². The normalized spacial score (nSPS) is 12.3. The Morgan fingerprint density at radius 2 is 1.39 bits per heavy atom. The Hall–Kier alpha value is -1.31. The van der Waals surface area contributed by atoms with Crippen LogP contribution in [0.4, 0.5) is 0 Å². The molecule has 99 valence electrons. The van der Waals surface area contributed by atoms with Crippen molar-refractivity contribution in [2.45, 2.75) is 59.0 Å². The van der Waals surface area contributed by atoms with Gasteiger partial charge < -0.3 is 4.74 Å². The second-order valence-corrected chi connectivity index (χ2v) is 6.79. The van der Waals surface area contributed by atoms with E-state index in [1.165, 1.54) is 17.6 Å². The molecule has 0 aliphatic carbocycles. The average Bonchev–Trinajstić information content (AvgIpc) is 2.23. The van der Waals surface area contributed by atoms with Gasteiger partial charge in [-0.3, -0.25) is 0 Å². The van der Waals surface area contributed by atoms with E-state index >= 15 is 0 Å². The lowest BCUT2D eigenvalue weighted by Crippen LogP contribution is -2.17. The van der Waals surface area contributed by atoms with Crippen LogP contribution in [0.15, 0.2) is 18.2 Å². The summed E-state index contributed by atoms with van der Waals surface area (Å²) in [5.74, 6) is 0. The number of hydrogen-bond acceptors (Lipinski definition) is 2. The first-order valence-corrected chi connectivity index (χ1v) is 6.28. The van der Waals surface area contributed by atoms with Crippen LogP contribution in [0.2, 0.25) is 0 Å². The maximum absolute atomic E-state index is 10.2. The fraction of sp³-hybridized carbons (Fsp3) is 0.562. The first kappa shape index (κ1) is 14.7. The van der Waals surface area contributed by atoms with Crippen LogP contribution in [0.1, 0.15) is 58.2 Å². The molecule has 0 N–H and O–H groups in total. The van der Waals surface area contributed by atoms with Crippen LogP contribution in [-0.4, -0.2) is 6.47 Å². The zero-order valence-corrected chi connectivity index (χ0v) is 12.3. The number of rotatable bonds is 3. The molecule has 0 saturated heterocycles. The van der Waals surface area contributed by atoms with Crippen molar-refractivity contribution in [3.05, 3.63) is 34.9 Å². The van der Waals surface area contributed by atoms with Crippen molar-refractivity contribution in [2.75, 3.05) is 0 Å². The molecular weight excluding hydrogens is 224 g/mol. The van der Waals surface area contributed by atoms with Gasteiger partial charge in [-0.2, -0.15) is 0 Å². The van der Waals surface area contributed by atoms with Crippen LogP contribution in [0.25, 0.3) is 0 Å². The van der Waals surface area contributed by atoms with Gasteiger partial charge in [0.15, 0.2) is 0 Å². The van der Waals surface area contributed by atoms with Gasteiger partial charge in [0.25, 0.3) is 0 Å². The van der Waals surface area contributed by atoms with E-state index in [-0.39, 0.29) is 17.4 Å². The average molecular weight is 247 g/mol. The van der Waals surface area contributed by atoms with E-state index < -0.39 is 0 Å². The van der Waals surface area contributed by atoms with Gasteiger partial charge in [-0.1, -0.05) is 59.7 Å². The van der Waals surface area contributed by atoms with E-state index in [1.54, 1.807) is 0 Å². The van der Waals surface area contributed by atoms with E-state index in [0.717, 1.165) is 5.56 Å². The lowest BCUT2D eigenvalue weighted by atomic mass is 9.79. The summed E-state index contributed by atoms with van der Waals surface area (Å²) in [7, 11) is 0. The second kappa shape index (κ2) is 5.13. The van der Waals surface area contributed by atoms with Gasteiger partial charge >= 0.3 is 6.47 Å². The number of carbonyl (C=O) groups excluding carboxylic acids is 1. The van der Waals surface area contributed by atoms with E-state index in [9.17, 15) is 4.79 Å². The van der Waals surface area contributed by atoms with Crippen molar-refractivity contribution in [3.63, 3.8) is 0 Å². The molecule has 2 heteroatoms. The lowest BCUT2D eigenvalue weighted by molar-refractivity contribution is 0.266. The van der Waals surface area contributed by atoms with E-state index in [4.69, 9.17) is 4.74 Å². The molecule has 1 aromatic carbocycles. The van der Waals surface area contributed by atoms with Crippen LogP contribution in [0.3, 0.4) is 0 Å². The highest BCUT2D eigenvalue weighted by molar-refractivity contribution is 5.40. The molecule has 2 nitrogen and oxygen atoms in total. The van der Waals surface area contributed by atoms with Crippen LogP contribution in [0, 0.1) is 0 Å². The van der Waals surface area contributed by atoms with Gasteiger partial charge in [-0.25, -0.2) is 4.79 Å². The Morgan fingerprint density at radius 1 is 0.944 bits per heavy atom. The molecule has 1 radical (unpaired) electrons. The highest BCUT2D eigenvalue weighted by atomic mass is 16.5. The summed E-state index contributed by atoms with van der Waals surface area (Å²) in [6, 6.07) is 6.45. The first-order valence-electron chi connectivity index (χ1n) is 6.28. The van der Waals surface area contributed by atoms with Gasteiger partial charge in [0.1, 0.15) is 6.61 Å². The van der Waals surface area contributed by atoms with Crippen LogP contribution in [-0.2, 0) is 27.0 Å². The summed E-state index contributed by atoms with van der Waals surface area (Å²) in [4.78, 5) is 10.2. The minimum atomic E-state index is 0.0842. The van der Waals surface area contributed by atoms with Crippen molar-refractivity contribution >= 4 is 6.47 Å². The van der Waals surface area contributed by atoms with Crippen molar-refractivity contribution in [2.24, 2.45) is 0 Å². The highest BCUT2D eigenvalue weighted by Gasteiger charge is 2.20. The summed E-state index contributed by atoms with van der Waals surface area (Å²) >= 11 is 0. The lowest BCUT2D eigenvalue weighted by Gasteiger charge is -2.26. The predicted molar refractivity (Wildman–Crippen MR) is 74.3 cm³/mol. The smallest absolute Gasteiger partial charge is 0.417 e. The molecule has 0 aliphatic heterocycles. The van der Waals surface area contributed by atoms with Crippen molar-refractivity contribution in [3.8, 4) is 0 Å². The quantitative estimate of drug-likeness (QED) is 0.810. The molecule has 0 saturated carbocycles. The van der Waals surface area contributed by atoms with Gasteiger partial charge in [0.2, 0.25) is 0 Å². The number of hydrogen-bond donors (Lipinski definition) is 0. The molecule has 1 aromatic rings. The summed E-state index contributed by atoms with van der Waals surface area (Å²) < 4.78 is 4.75. The zero-order chi connectivity index (χ0) is 14.0. The maximum Gasteiger partial charge on any atom is 0.417 e. The van der Waals surface area contributed by atoms with Gasteiger partial charge in [0, 0.05) is 0 Å². The third-order valence-corrected chi connectivity index (χ3v) is 3.02. The minimum Gasteiger partial charge on any atom is -0.452 e. The molecule has 0 unspecified atom stereocenters. The third-order valence-electron chi connectivity index (χ3n) is 3.02. The summed E-state index contributed by atoms with van der Waals surface area (Å²) in [5.41, 5.74) is 3.72. The minimum absolute atomic E-state index is 0.0842. The monoisotopic (exact) mass is 247 g/mol. The van der Waals surface area contributed by atoms with E-state index in [2.05, 4.69) is 59.7 Å². The third kappa shape index (κ3) is 3.86. The Labute approximate surface area is 110 Å². The number of benzene rings is 1. The Morgan fingerprint density at radius 3 is 1.72 bits per heavy atom. The Kier molecular flexibility index (Phi) is 4.20. The largest absolute Gasteiger partial charge is 0.452 e. The highest BCUT2D eigenvalue weighted by Crippen LogP contribution is 2.30. The SMILES string of the molecule is CC(C)(C)c1cc(CO[C]=O)cc(C(C)(C)C)c1. The predicted octanol–water partition coefficient (Wildman–Crippen LogP) is 3.87. The maximum atomic E-state index is 10.2. The molecule has 0 fully saturated rings. The molecule has 1 rings (SSSR count). The van der Waals surface area contributed by atoms with Crippen LogP contribution in [0.5, 0.6) is 0 Å². The van der Waals surface area contributed by atoms with E-state index in [0.29, 0.717) is 0 Å². The van der Waals surface area contributed by atoms with Gasteiger partial charge in [0.05, 0.1) is 0 Å². The van der Waals surface area contributed by atoms with Crippen molar-refractivity contribution in [1.82, 2.24) is 0 Å². The Balaban J connectivity index is 3.24. The first-order chi connectivity index (χ1) is 8.14. The van der Waals surface area contributed by atoms with Crippen LogP contribution < -0.4 is 0 Å². The summed E-state index contributed by atoms with van der Waals surface area (Å²) in [5, 5.41) is 0. The van der Waals surface area contributed by atoms with Crippen molar-refractivity contribution < 1.29 is 9.53 Å². The fourth-order valence-electron chi connectivity index (χ4n) is 1.75. The topological polar surface area (TPSA) is 26.3 Å². The van der Waals surface area contributed by atoms with Crippen molar-refractivity contribution in [1.29, 1.82) is 0 Å². The number of ether oxygens (including phenoxy) is 1. The molecular formula is C16H23O2.